The summed E-state index contributed by atoms with van der Waals surface area (Å²) in [6, 6.07) is 1.52. The standard InChI is InChI=1S/C11H23N/c1-9(2)12-8-6-7-10(12)11(3,4)5/h9-10H,6-8H2,1-5H3. The van der Waals surface area contributed by atoms with Crippen molar-refractivity contribution in [2.24, 2.45) is 5.41 Å². The van der Waals surface area contributed by atoms with Crippen molar-refractivity contribution in [1.82, 2.24) is 4.90 Å². The van der Waals surface area contributed by atoms with Crippen LogP contribution in [0.25, 0.3) is 0 Å². The maximum absolute atomic E-state index is 2.65. The van der Waals surface area contributed by atoms with Crippen LogP contribution in [0.15, 0.2) is 0 Å². The van der Waals surface area contributed by atoms with E-state index in [1.54, 1.807) is 0 Å². The van der Waals surface area contributed by atoms with Gasteiger partial charge >= 0.3 is 0 Å². The SMILES string of the molecule is CC(C)N1CCCC1C(C)(C)C. The average Bonchev–Trinajstić information content (AvgIpc) is 2.30. The molecule has 1 fully saturated rings. The number of rotatable bonds is 1. The summed E-state index contributed by atoms with van der Waals surface area (Å²) in [6.45, 7) is 13.0. The number of hydrogen-bond donors (Lipinski definition) is 0. The van der Waals surface area contributed by atoms with Crippen molar-refractivity contribution in [2.75, 3.05) is 6.54 Å². The fourth-order valence-electron chi connectivity index (χ4n) is 2.34. The lowest BCUT2D eigenvalue weighted by Gasteiger charge is -2.37. The molecule has 72 valence electrons. The van der Waals surface area contributed by atoms with Gasteiger partial charge in [0.1, 0.15) is 0 Å². The third-order valence-corrected chi connectivity index (χ3v) is 2.96. The first kappa shape index (κ1) is 10.0. The average molecular weight is 169 g/mol. The maximum Gasteiger partial charge on any atom is 0.0147 e. The Morgan fingerprint density at radius 2 is 1.83 bits per heavy atom. The zero-order valence-electron chi connectivity index (χ0n) is 9.22. The molecule has 1 nitrogen and oxygen atoms in total. The molecule has 0 aliphatic carbocycles. The quantitative estimate of drug-likeness (QED) is 0.583. The molecule has 0 amide bonds. The monoisotopic (exact) mass is 169 g/mol. The molecule has 0 N–H and O–H groups in total. The van der Waals surface area contributed by atoms with Gasteiger partial charge in [-0.1, -0.05) is 20.8 Å². The molecule has 0 bridgehead atoms. The smallest absolute Gasteiger partial charge is 0.0147 e. The zero-order chi connectivity index (χ0) is 9.35. The van der Waals surface area contributed by atoms with E-state index in [1.807, 2.05) is 0 Å². The van der Waals surface area contributed by atoms with Gasteiger partial charge in [-0.15, -0.1) is 0 Å². The van der Waals surface area contributed by atoms with E-state index < -0.39 is 0 Å². The second-order valence-corrected chi connectivity index (χ2v) is 5.36. The van der Waals surface area contributed by atoms with Crippen LogP contribution in [0.5, 0.6) is 0 Å². The second-order valence-electron chi connectivity index (χ2n) is 5.36. The van der Waals surface area contributed by atoms with Crippen LogP contribution in [0.1, 0.15) is 47.5 Å². The van der Waals surface area contributed by atoms with Crippen LogP contribution in [-0.4, -0.2) is 23.5 Å². The van der Waals surface area contributed by atoms with Crippen LogP contribution >= 0.6 is 0 Å². The Morgan fingerprint density at radius 3 is 2.17 bits per heavy atom. The molecule has 1 atom stereocenters. The van der Waals surface area contributed by atoms with Gasteiger partial charge in [-0.2, -0.15) is 0 Å². The highest BCUT2D eigenvalue weighted by molar-refractivity contribution is 4.89. The normalized spacial score (nSPS) is 27.0. The molecule has 12 heavy (non-hydrogen) atoms. The number of likely N-dealkylation sites (tertiary alicyclic amines) is 1. The van der Waals surface area contributed by atoms with E-state index in [0.29, 0.717) is 5.41 Å². The predicted molar refractivity (Wildman–Crippen MR) is 54.3 cm³/mol. The molecule has 1 aliphatic heterocycles. The van der Waals surface area contributed by atoms with Gasteiger partial charge in [-0.3, -0.25) is 4.90 Å². The van der Waals surface area contributed by atoms with Crippen molar-refractivity contribution >= 4 is 0 Å². The molecule has 1 heteroatoms. The van der Waals surface area contributed by atoms with Crippen molar-refractivity contribution in [3.8, 4) is 0 Å². The third-order valence-electron chi connectivity index (χ3n) is 2.96. The first-order valence-corrected chi connectivity index (χ1v) is 5.18. The van der Waals surface area contributed by atoms with Crippen LogP contribution in [-0.2, 0) is 0 Å². The van der Waals surface area contributed by atoms with Crippen LogP contribution in [0, 0.1) is 5.41 Å². The summed E-state index contributed by atoms with van der Waals surface area (Å²) in [5.41, 5.74) is 0.459. The van der Waals surface area contributed by atoms with E-state index in [9.17, 15) is 0 Å². The molecule has 0 aromatic rings. The molecule has 1 rings (SSSR count). The summed E-state index contributed by atoms with van der Waals surface area (Å²) in [6.07, 6.45) is 2.78. The molecule has 1 aliphatic rings. The topological polar surface area (TPSA) is 3.24 Å². The molecular weight excluding hydrogens is 146 g/mol. The lowest BCUT2D eigenvalue weighted by atomic mass is 9.85. The molecule has 0 aromatic heterocycles. The van der Waals surface area contributed by atoms with Crippen LogP contribution in [0.3, 0.4) is 0 Å². The minimum absolute atomic E-state index is 0.459. The summed E-state index contributed by atoms with van der Waals surface area (Å²) >= 11 is 0. The van der Waals surface area contributed by atoms with Crippen molar-refractivity contribution in [3.63, 3.8) is 0 Å². The van der Waals surface area contributed by atoms with E-state index >= 15 is 0 Å². The highest BCUT2D eigenvalue weighted by Gasteiger charge is 2.34. The van der Waals surface area contributed by atoms with E-state index in [2.05, 4.69) is 39.5 Å². The van der Waals surface area contributed by atoms with E-state index in [4.69, 9.17) is 0 Å². The lowest BCUT2D eigenvalue weighted by Crippen LogP contribution is -2.43. The Balaban J connectivity index is 2.64. The molecule has 1 heterocycles. The molecule has 0 spiro atoms. The van der Waals surface area contributed by atoms with E-state index in [1.165, 1.54) is 19.4 Å². The van der Waals surface area contributed by atoms with Gasteiger partial charge < -0.3 is 0 Å². The lowest BCUT2D eigenvalue weighted by molar-refractivity contribution is 0.111. The molecule has 0 saturated carbocycles. The Morgan fingerprint density at radius 1 is 1.25 bits per heavy atom. The third kappa shape index (κ3) is 2.01. The van der Waals surface area contributed by atoms with Crippen molar-refractivity contribution in [3.05, 3.63) is 0 Å². The van der Waals surface area contributed by atoms with Crippen LogP contribution in [0.2, 0.25) is 0 Å². The van der Waals surface area contributed by atoms with Gasteiger partial charge in [-0.25, -0.2) is 0 Å². The highest BCUT2D eigenvalue weighted by atomic mass is 15.2. The fraction of sp³-hybridized carbons (Fsp3) is 1.00. The van der Waals surface area contributed by atoms with Gasteiger partial charge in [0, 0.05) is 12.1 Å². The minimum Gasteiger partial charge on any atom is -0.297 e. The molecular formula is C11H23N. The van der Waals surface area contributed by atoms with Crippen LogP contribution < -0.4 is 0 Å². The Kier molecular flexibility index (Phi) is 2.82. The second kappa shape index (κ2) is 3.37. The largest absolute Gasteiger partial charge is 0.297 e. The summed E-state index contributed by atoms with van der Waals surface area (Å²) in [4.78, 5) is 2.65. The Bertz CT molecular complexity index is 144. The van der Waals surface area contributed by atoms with Crippen molar-refractivity contribution in [2.45, 2.75) is 59.5 Å². The molecule has 1 saturated heterocycles. The Labute approximate surface area is 77.1 Å². The van der Waals surface area contributed by atoms with Gasteiger partial charge in [0.25, 0.3) is 0 Å². The van der Waals surface area contributed by atoms with E-state index in [-0.39, 0.29) is 0 Å². The van der Waals surface area contributed by atoms with E-state index in [0.717, 1.165) is 12.1 Å². The highest BCUT2D eigenvalue weighted by Crippen LogP contribution is 2.33. The first-order valence-electron chi connectivity index (χ1n) is 5.18. The van der Waals surface area contributed by atoms with Crippen LogP contribution in [0.4, 0.5) is 0 Å². The Hall–Kier alpha value is -0.0400. The van der Waals surface area contributed by atoms with Crippen molar-refractivity contribution in [1.29, 1.82) is 0 Å². The molecule has 0 aromatic carbocycles. The summed E-state index contributed by atoms with van der Waals surface area (Å²) in [5, 5.41) is 0. The minimum atomic E-state index is 0.459. The van der Waals surface area contributed by atoms with Gasteiger partial charge in [0.05, 0.1) is 0 Å². The van der Waals surface area contributed by atoms with Crippen molar-refractivity contribution < 1.29 is 0 Å². The summed E-state index contributed by atoms with van der Waals surface area (Å²) in [5.74, 6) is 0. The summed E-state index contributed by atoms with van der Waals surface area (Å²) < 4.78 is 0. The maximum atomic E-state index is 2.65. The predicted octanol–water partition coefficient (Wildman–Crippen LogP) is 2.91. The van der Waals surface area contributed by atoms with Gasteiger partial charge in [-0.05, 0) is 38.6 Å². The molecule has 0 radical (unpaired) electrons. The van der Waals surface area contributed by atoms with Gasteiger partial charge in [0.15, 0.2) is 0 Å². The number of nitrogens with zero attached hydrogens (tertiary/aromatic N) is 1. The fourth-order valence-corrected chi connectivity index (χ4v) is 2.34. The molecule has 1 unspecified atom stereocenters. The summed E-state index contributed by atoms with van der Waals surface area (Å²) in [7, 11) is 0. The van der Waals surface area contributed by atoms with Gasteiger partial charge in [0.2, 0.25) is 0 Å². The number of hydrogen-bond acceptors (Lipinski definition) is 1. The first-order chi connectivity index (χ1) is 5.43. The zero-order valence-corrected chi connectivity index (χ0v) is 9.22.